The molecule has 0 amide bonds. The summed E-state index contributed by atoms with van der Waals surface area (Å²) in [5.74, 6) is -0.309. The van der Waals surface area contributed by atoms with Crippen molar-refractivity contribution in [3.05, 3.63) is 0 Å². The molecule has 0 aromatic heterocycles. The van der Waals surface area contributed by atoms with Gasteiger partial charge in [-0.05, 0) is 39.0 Å². The monoisotopic (exact) mass is 186 g/mol. The average molecular weight is 186 g/mol. The van der Waals surface area contributed by atoms with Crippen LogP contribution in [0.25, 0.3) is 0 Å². The summed E-state index contributed by atoms with van der Waals surface area (Å²) < 4.78 is 5.46. The van der Waals surface area contributed by atoms with Gasteiger partial charge in [0.25, 0.3) is 0 Å². The highest BCUT2D eigenvalue weighted by Gasteiger charge is 2.29. The fourth-order valence-electron chi connectivity index (χ4n) is 1.78. The molecule has 0 unspecified atom stereocenters. The first-order chi connectivity index (χ1) is 6.09. The lowest BCUT2D eigenvalue weighted by Gasteiger charge is -2.12. The second-order valence-corrected chi connectivity index (χ2v) is 4.10. The number of carboxylic acid groups (broad SMARTS) is 1. The van der Waals surface area contributed by atoms with Crippen LogP contribution in [0, 0.1) is 11.8 Å². The van der Waals surface area contributed by atoms with Crippen LogP contribution in [0.15, 0.2) is 0 Å². The minimum absolute atomic E-state index is 0.124. The molecule has 0 heterocycles. The number of carbonyl (C=O) groups is 1. The molecule has 0 saturated heterocycles. The minimum atomic E-state index is -0.646. The van der Waals surface area contributed by atoms with E-state index in [2.05, 4.69) is 0 Å². The number of hydrogen-bond donors (Lipinski definition) is 1. The van der Waals surface area contributed by atoms with Crippen molar-refractivity contribution in [2.45, 2.75) is 39.2 Å². The van der Waals surface area contributed by atoms with Gasteiger partial charge in [0.05, 0.1) is 12.0 Å². The van der Waals surface area contributed by atoms with E-state index in [1.807, 2.05) is 13.8 Å². The molecular weight excluding hydrogens is 168 g/mol. The number of hydrogen-bond acceptors (Lipinski definition) is 2. The number of aliphatic carboxylic acids is 1. The summed E-state index contributed by atoms with van der Waals surface area (Å²) in [5, 5.41) is 8.77. The minimum Gasteiger partial charge on any atom is -0.481 e. The van der Waals surface area contributed by atoms with Gasteiger partial charge in [0.1, 0.15) is 0 Å². The first-order valence-electron chi connectivity index (χ1n) is 4.94. The molecule has 0 bridgehead atoms. The van der Waals surface area contributed by atoms with E-state index in [0.717, 1.165) is 25.9 Å². The van der Waals surface area contributed by atoms with Crippen LogP contribution in [0.2, 0.25) is 0 Å². The van der Waals surface area contributed by atoms with Gasteiger partial charge in [-0.2, -0.15) is 0 Å². The Balaban J connectivity index is 2.21. The van der Waals surface area contributed by atoms with E-state index in [1.165, 1.54) is 0 Å². The zero-order valence-corrected chi connectivity index (χ0v) is 8.32. The van der Waals surface area contributed by atoms with E-state index in [1.54, 1.807) is 0 Å². The van der Waals surface area contributed by atoms with Crippen molar-refractivity contribution < 1.29 is 14.6 Å². The van der Waals surface area contributed by atoms with Crippen molar-refractivity contribution in [3.8, 4) is 0 Å². The molecule has 1 aliphatic rings. The third kappa shape index (κ3) is 3.35. The summed E-state index contributed by atoms with van der Waals surface area (Å²) in [6.07, 6.45) is 2.87. The molecule has 0 aromatic carbocycles. The smallest absolute Gasteiger partial charge is 0.306 e. The van der Waals surface area contributed by atoms with Gasteiger partial charge in [0.2, 0.25) is 0 Å². The van der Waals surface area contributed by atoms with Gasteiger partial charge in [-0.1, -0.05) is 0 Å². The molecule has 2 atom stereocenters. The predicted molar refractivity (Wildman–Crippen MR) is 49.6 cm³/mol. The molecule has 3 heteroatoms. The van der Waals surface area contributed by atoms with Crippen molar-refractivity contribution in [1.82, 2.24) is 0 Å². The molecule has 1 N–H and O–H groups in total. The number of carboxylic acids is 1. The normalized spacial score (nSPS) is 28.2. The Bertz CT molecular complexity index is 177. The van der Waals surface area contributed by atoms with Crippen molar-refractivity contribution in [1.29, 1.82) is 0 Å². The van der Waals surface area contributed by atoms with Crippen LogP contribution < -0.4 is 0 Å². The lowest BCUT2D eigenvalue weighted by molar-refractivity contribution is -0.141. The first-order valence-corrected chi connectivity index (χ1v) is 4.94. The largest absolute Gasteiger partial charge is 0.481 e. The highest BCUT2D eigenvalue weighted by atomic mass is 16.5. The quantitative estimate of drug-likeness (QED) is 0.729. The summed E-state index contributed by atoms with van der Waals surface area (Å²) in [6.45, 7) is 4.73. The van der Waals surface area contributed by atoms with Gasteiger partial charge in [-0.3, -0.25) is 4.79 Å². The standard InChI is InChI=1S/C10H18O3/c1-7(2)13-6-8-3-4-9(5-8)10(11)12/h7-9H,3-6H2,1-2H3,(H,11,12)/t8-,9-/m0/s1. The van der Waals surface area contributed by atoms with Gasteiger partial charge in [0.15, 0.2) is 0 Å². The van der Waals surface area contributed by atoms with Crippen LogP contribution >= 0.6 is 0 Å². The molecular formula is C10H18O3. The van der Waals surface area contributed by atoms with Crippen LogP contribution in [-0.2, 0) is 9.53 Å². The third-order valence-corrected chi connectivity index (χ3v) is 2.56. The number of rotatable bonds is 4. The van der Waals surface area contributed by atoms with Crippen LogP contribution in [0.4, 0.5) is 0 Å². The zero-order valence-electron chi connectivity index (χ0n) is 8.32. The number of ether oxygens (including phenoxy) is 1. The Kier molecular flexibility index (Phi) is 3.72. The zero-order chi connectivity index (χ0) is 9.84. The summed E-state index contributed by atoms with van der Waals surface area (Å²) in [5.41, 5.74) is 0. The lowest BCUT2D eigenvalue weighted by Crippen LogP contribution is -2.13. The van der Waals surface area contributed by atoms with Crippen LogP contribution in [0.1, 0.15) is 33.1 Å². The Hall–Kier alpha value is -0.570. The van der Waals surface area contributed by atoms with E-state index in [4.69, 9.17) is 9.84 Å². The van der Waals surface area contributed by atoms with Crippen molar-refractivity contribution in [3.63, 3.8) is 0 Å². The summed E-state index contributed by atoms with van der Waals surface area (Å²) in [7, 11) is 0. The van der Waals surface area contributed by atoms with Crippen LogP contribution in [-0.4, -0.2) is 23.8 Å². The molecule has 0 aromatic rings. The fraction of sp³-hybridized carbons (Fsp3) is 0.900. The molecule has 1 fully saturated rings. The van der Waals surface area contributed by atoms with Gasteiger partial charge < -0.3 is 9.84 Å². The van der Waals surface area contributed by atoms with Gasteiger partial charge in [-0.15, -0.1) is 0 Å². The van der Waals surface area contributed by atoms with Crippen molar-refractivity contribution in [2.75, 3.05) is 6.61 Å². The van der Waals surface area contributed by atoms with Crippen LogP contribution in [0.3, 0.4) is 0 Å². The highest BCUT2D eigenvalue weighted by Crippen LogP contribution is 2.31. The predicted octanol–water partition coefficient (Wildman–Crippen LogP) is 1.91. The lowest BCUT2D eigenvalue weighted by atomic mass is 10.1. The third-order valence-electron chi connectivity index (χ3n) is 2.56. The van der Waals surface area contributed by atoms with Gasteiger partial charge in [-0.25, -0.2) is 0 Å². The summed E-state index contributed by atoms with van der Waals surface area (Å²) in [4.78, 5) is 10.6. The maximum atomic E-state index is 10.6. The average Bonchev–Trinajstić information content (AvgIpc) is 2.48. The van der Waals surface area contributed by atoms with Crippen molar-refractivity contribution >= 4 is 5.97 Å². The van der Waals surface area contributed by atoms with E-state index >= 15 is 0 Å². The highest BCUT2D eigenvalue weighted by molar-refractivity contribution is 5.70. The van der Waals surface area contributed by atoms with Crippen LogP contribution in [0.5, 0.6) is 0 Å². The molecule has 1 aliphatic carbocycles. The molecule has 0 aliphatic heterocycles. The summed E-state index contributed by atoms with van der Waals surface area (Å²) >= 11 is 0. The van der Waals surface area contributed by atoms with E-state index in [0.29, 0.717) is 5.92 Å². The second-order valence-electron chi connectivity index (χ2n) is 4.10. The Morgan fingerprint density at radius 3 is 2.69 bits per heavy atom. The summed E-state index contributed by atoms with van der Waals surface area (Å²) in [6, 6.07) is 0. The Morgan fingerprint density at radius 1 is 1.54 bits per heavy atom. The Labute approximate surface area is 79.1 Å². The molecule has 1 rings (SSSR count). The van der Waals surface area contributed by atoms with Gasteiger partial charge >= 0.3 is 5.97 Å². The second kappa shape index (κ2) is 4.61. The Morgan fingerprint density at radius 2 is 2.23 bits per heavy atom. The maximum Gasteiger partial charge on any atom is 0.306 e. The van der Waals surface area contributed by atoms with Crippen molar-refractivity contribution in [2.24, 2.45) is 11.8 Å². The molecule has 13 heavy (non-hydrogen) atoms. The van der Waals surface area contributed by atoms with Gasteiger partial charge in [0, 0.05) is 6.61 Å². The van der Waals surface area contributed by atoms with E-state index in [-0.39, 0.29) is 12.0 Å². The maximum absolute atomic E-state index is 10.6. The topological polar surface area (TPSA) is 46.5 Å². The molecule has 3 nitrogen and oxygen atoms in total. The van der Waals surface area contributed by atoms with E-state index in [9.17, 15) is 4.79 Å². The molecule has 0 spiro atoms. The SMILES string of the molecule is CC(C)OC[C@H]1CC[C@H](C(=O)O)C1. The molecule has 76 valence electrons. The fourth-order valence-corrected chi connectivity index (χ4v) is 1.78. The molecule has 0 radical (unpaired) electrons. The van der Waals surface area contributed by atoms with E-state index < -0.39 is 5.97 Å². The first kappa shape index (κ1) is 10.5. The molecule has 1 saturated carbocycles.